The maximum absolute atomic E-state index is 13.1. The molecule has 0 spiro atoms. The van der Waals surface area contributed by atoms with Crippen molar-refractivity contribution in [3.63, 3.8) is 0 Å². The molecule has 1 aliphatic heterocycles. The van der Waals surface area contributed by atoms with Crippen LogP contribution in [0.5, 0.6) is 0 Å². The Morgan fingerprint density at radius 1 is 0.941 bits per heavy atom. The quantitative estimate of drug-likeness (QED) is 0.640. The average Bonchev–Trinajstić information content (AvgIpc) is 3.41. The number of carboxylic acids is 1. The van der Waals surface area contributed by atoms with E-state index in [1.54, 1.807) is 4.90 Å². The van der Waals surface area contributed by atoms with Gasteiger partial charge in [-0.2, -0.15) is 0 Å². The van der Waals surface area contributed by atoms with Gasteiger partial charge in [-0.1, -0.05) is 60.7 Å². The van der Waals surface area contributed by atoms with Gasteiger partial charge in [-0.05, 0) is 46.9 Å². The number of hydrogen-bond acceptors (Lipinski definition) is 4. The molecular weight excluding hydrogens is 432 g/mol. The minimum atomic E-state index is -1.15. The fourth-order valence-electron chi connectivity index (χ4n) is 5.57. The first-order valence-corrected chi connectivity index (χ1v) is 11.8. The Labute approximate surface area is 198 Å². The summed E-state index contributed by atoms with van der Waals surface area (Å²) < 4.78 is 5.54. The molecule has 3 atom stereocenters. The molecule has 0 radical (unpaired) electrons. The summed E-state index contributed by atoms with van der Waals surface area (Å²) in [5.41, 5.74) is 4.41. The molecule has 2 aliphatic carbocycles. The molecule has 2 amide bonds. The first-order chi connectivity index (χ1) is 16.5. The monoisotopic (exact) mass is 460 g/mol. The van der Waals surface area contributed by atoms with Gasteiger partial charge in [0.25, 0.3) is 0 Å². The molecular formula is C27H28N2O5. The number of hydrogen-bond donors (Lipinski definition) is 2. The number of alkyl carbamates (subject to hydrolysis) is 1. The minimum absolute atomic E-state index is 0.105. The molecule has 2 N–H and O–H groups in total. The highest BCUT2D eigenvalue weighted by Gasteiger charge is 2.38. The van der Waals surface area contributed by atoms with Crippen molar-refractivity contribution in [1.82, 2.24) is 10.2 Å². The fourth-order valence-corrected chi connectivity index (χ4v) is 5.57. The van der Waals surface area contributed by atoms with Crippen LogP contribution in [0.15, 0.2) is 60.7 Å². The van der Waals surface area contributed by atoms with Crippen molar-refractivity contribution in [1.29, 1.82) is 0 Å². The summed E-state index contributed by atoms with van der Waals surface area (Å²) in [4.78, 5) is 38.9. The summed E-state index contributed by atoms with van der Waals surface area (Å²) in [6, 6.07) is 14.9. The second-order valence-corrected chi connectivity index (χ2v) is 9.33. The molecule has 2 aromatic rings. The highest BCUT2D eigenvalue weighted by atomic mass is 16.5. The molecule has 34 heavy (non-hydrogen) atoms. The van der Waals surface area contributed by atoms with Crippen molar-refractivity contribution in [2.24, 2.45) is 11.8 Å². The number of allylic oxidation sites excluding steroid dienone is 2. The molecule has 3 unspecified atom stereocenters. The number of fused-ring (bicyclic) bond motifs is 4. The molecule has 0 bridgehead atoms. The lowest BCUT2D eigenvalue weighted by Gasteiger charge is -2.23. The van der Waals surface area contributed by atoms with Crippen molar-refractivity contribution >= 4 is 18.0 Å². The number of carbonyl (C=O) groups is 3. The topological polar surface area (TPSA) is 95.9 Å². The predicted octanol–water partition coefficient (Wildman–Crippen LogP) is 3.79. The summed E-state index contributed by atoms with van der Waals surface area (Å²) in [6.07, 6.45) is 4.88. The van der Waals surface area contributed by atoms with Crippen LogP contribution >= 0.6 is 0 Å². The highest BCUT2D eigenvalue weighted by molar-refractivity contribution is 5.89. The third-order valence-corrected chi connectivity index (χ3v) is 7.25. The lowest BCUT2D eigenvalue weighted by atomic mass is 9.86. The smallest absolute Gasteiger partial charge is 0.407 e. The van der Waals surface area contributed by atoms with Crippen LogP contribution in [0, 0.1) is 11.8 Å². The molecule has 176 valence electrons. The van der Waals surface area contributed by atoms with Crippen LogP contribution < -0.4 is 5.32 Å². The Bertz CT molecular complexity index is 1080. The molecule has 2 aromatic carbocycles. The first-order valence-electron chi connectivity index (χ1n) is 11.8. The number of amides is 2. The van der Waals surface area contributed by atoms with Crippen molar-refractivity contribution < 1.29 is 24.2 Å². The second kappa shape index (κ2) is 9.33. The first kappa shape index (κ1) is 22.2. The van der Waals surface area contributed by atoms with Gasteiger partial charge in [0, 0.05) is 19.0 Å². The van der Waals surface area contributed by atoms with Gasteiger partial charge in [0.2, 0.25) is 5.91 Å². The summed E-state index contributed by atoms with van der Waals surface area (Å²) in [6.45, 7) is 1.29. The van der Waals surface area contributed by atoms with Crippen molar-refractivity contribution in [3.05, 3.63) is 71.8 Å². The van der Waals surface area contributed by atoms with Gasteiger partial charge >= 0.3 is 12.1 Å². The minimum Gasteiger partial charge on any atom is -0.481 e. The third kappa shape index (κ3) is 4.30. The molecule has 0 aromatic heterocycles. The molecule has 3 aliphatic rings. The van der Waals surface area contributed by atoms with Crippen molar-refractivity contribution in [3.8, 4) is 11.1 Å². The van der Waals surface area contributed by atoms with Gasteiger partial charge in [-0.3, -0.25) is 9.59 Å². The van der Waals surface area contributed by atoms with Crippen LogP contribution in [0.2, 0.25) is 0 Å². The van der Waals surface area contributed by atoms with E-state index in [1.165, 1.54) is 0 Å². The lowest BCUT2D eigenvalue weighted by Crippen LogP contribution is -2.49. The van der Waals surface area contributed by atoms with Crippen LogP contribution in [-0.4, -0.2) is 53.7 Å². The summed E-state index contributed by atoms with van der Waals surface area (Å²) >= 11 is 0. The van der Waals surface area contributed by atoms with Crippen LogP contribution in [0.4, 0.5) is 4.79 Å². The number of likely N-dealkylation sites (tertiary alicyclic amines) is 1. The van der Waals surface area contributed by atoms with E-state index >= 15 is 0 Å². The zero-order valence-electron chi connectivity index (χ0n) is 18.9. The zero-order chi connectivity index (χ0) is 23.7. The van der Waals surface area contributed by atoms with E-state index in [0.29, 0.717) is 24.9 Å². The predicted molar refractivity (Wildman–Crippen MR) is 126 cm³/mol. The third-order valence-electron chi connectivity index (χ3n) is 7.25. The number of rotatable bonds is 6. The van der Waals surface area contributed by atoms with Gasteiger partial charge in [-0.25, -0.2) is 4.79 Å². The Kier molecular flexibility index (Phi) is 6.09. The van der Waals surface area contributed by atoms with Crippen molar-refractivity contribution in [2.45, 2.75) is 31.2 Å². The molecule has 0 saturated carbocycles. The van der Waals surface area contributed by atoms with Gasteiger partial charge in [0.05, 0.1) is 6.42 Å². The second-order valence-electron chi connectivity index (χ2n) is 9.33. The van der Waals surface area contributed by atoms with Gasteiger partial charge < -0.3 is 20.1 Å². The number of carbonyl (C=O) groups excluding carboxylic acids is 2. The Morgan fingerprint density at radius 3 is 2.06 bits per heavy atom. The van der Waals surface area contributed by atoms with E-state index in [0.717, 1.165) is 35.1 Å². The maximum atomic E-state index is 13.1. The van der Waals surface area contributed by atoms with Gasteiger partial charge in [-0.15, -0.1) is 0 Å². The number of carboxylic acid groups (broad SMARTS) is 1. The van der Waals surface area contributed by atoms with Crippen LogP contribution in [0.25, 0.3) is 11.1 Å². The standard InChI is InChI=1S/C27H28N2O5/c30-25(31)13-24(26(32)29-14-17-7-1-2-8-18(17)15-29)28-27(33)34-16-23-21-11-5-3-9-19(21)20-10-4-6-12-22(20)23/h1-6,9-12,17-18,23-24H,7-8,13-16H2,(H,28,33)(H,30,31). The van der Waals surface area contributed by atoms with E-state index in [1.807, 2.05) is 36.4 Å². The van der Waals surface area contributed by atoms with Crippen molar-refractivity contribution in [2.75, 3.05) is 19.7 Å². The number of aliphatic carboxylic acids is 1. The largest absolute Gasteiger partial charge is 0.481 e. The van der Waals surface area contributed by atoms with Crippen LogP contribution in [0.3, 0.4) is 0 Å². The normalized spacial score (nSPS) is 21.4. The number of nitrogens with zero attached hydrogens (tertiary/aromatic N) is 1. The SMILES string of the molecule is O=C(O)CC(NC(=O)OCC1c2ccccc2-c2ccccc21)C(=O)N1CC2CC=CCC2C1. The molecule has 1 heterocycles. The van der Waals surface area contributed by atoms with Gasteiger partial charge in [0.15, 0.2) is 0 Å². The van der Waals surface area contributed by atoms with E-state index in [9.17, 15) is 19.5 Å². The number of benzene rings is 2. The summed E-state index contributed by atoms with van der Waals surface area (Å²) in [5, 5.41) is 11.9. The Balaban J connectivity index is 1.24. The Hall–Kier alpha value is -3.61. The lowest BCUT2D eigenvalue weighted by molar-refractivity contribution is -0.142. The number of ether oxygens (including phenoxy) is 1. The average molecular weight is 461 g/mol. The fraction of sp³-hybridized carbons (Fsp3) is 0.370. The molecule has 1 saturated heterocycles. The van der Waals surface area contributed by atoms with E-state index in [2.05, 4.69) is 29.6 Å². The summed E-state index contributed by atoms with van der Waals surface area (Å²) in [7, 11) is 0. The molecule has 7 nitrogen and oxygen atoms in total. The van der Waals surface area contributed by atoms with Crippen LogP contribution in [0.1, 0.15) is 36.3 Å². The van der Waals surface area contributed by atoms with Crippen LogP contribution in [-0.2, 0) is 14.3 Å². The number of nitrogens with one attached hydrogen (secondary N) is 1. The van der Waals surface area contributed by atoms with E-state index in [-0.39, 0.29) is 18.4 Å². The van der Waals surface area contributed by atoms with Gasteiger partial charge in [0.1, 0.15) is 12.6 Å². The zero-order valence-corrected chi connectivity index (χ0v) is 18.9. The highest BCUT2D eigenvalue weighted by Crippen LogP contribution is 2.44. The summed E-state index contributed by atoms with van der Waals surface area (Å²) in [5.74, 6) is -0.815. The molecule has 5 rings (SSSR count). The Morgan fingerprint density at radius 2 is 1.50 bits per heavy atom. The van der Waals surface area contributed by atoms with E-state index < -0.39 is 24.5 Å². The molecule has 1 fully saturated rings. The molecule has 7 heteroatoms. The van der Waals surface area contributed by atoms with E-state index in [4.69, 9.17) is 4.74 Å². The maximum Gasteiger partial charge on any atom is 0.407 e.